The van der Waals surface area contributed by atoms with Crippen LogP contribution in [0.3, 0.4) is 0 Å². The average molecular weight is 271 g/mol. The van der Waals surface area contributed by atoms with E-state index in [1.807, 2.05) is 0 Å². The van der Waals surface area contributed by atoms with Gasteiger partial charge in [0.1, 0.15) is 5.09 Å². The molecule has 18 heavy (non-hydrogen) atoms. The van der Waals surface area contributed by atoms with E-state index in [4.69, 9.17) is 10.5 Å². The summed E-state index contributed by atoms with van der Waals surface area (Å²) in [5.74, 6) is 0.744. The van der Waals surface area contributed by atoms with Crippen LogP contribution in [0, 0.1) is 5.92 Å². The minimum Gasteiger partial charge on any atom is -0.487 e. The highest BCUT2D eigenvalue weighted by Gasteiger charge is 2.26. The predicted molar refractivity (Wildman–Crippen MR) is 76.3 cm³/mol. The van der Waals surface area contributed by atoms with Crippen molar-refractivity contribution in [1.82, 2.24) is 0 Å². The zero-order chi connectivity index (χ0) is 12.8. The van der Waals surface area contributed by atoms with Gasteiger partial charge in [0.15, 0.2) is 0 Å². The molecule has 0 aromatic heterocycles. The molecule has 3 nitrogen and oxygen atoms in total. The number of thioether (sulfide) groups is 1. The maximum atomic E-state index is 9.89. The van der Waals surface area contributed by atoms with Crippen molar-refractivity contribution < 1.29 is 9.84 Å². The molecule has 2 atom stereocenters. The van der Waals surface area contributed by atoms with Crippen LogP contribution in [0.5, 0.6) is 0 Å². The second kappa shape index (κ2) is 7.41. The monoisotopic (exact) mass is 271 g/mol. The van der Waals surface area contributed by atoms with Gasteiger partial charge < -0.3 is 15.6 Å². The molecule has 0 aromatic rings. The van der Waals surface area contributed by atoms with E-state index in [2.05, 4.69) is 6.08 Å². The number of aliphatic hydroxyl groups excluding tert-OH is 1. The fraction of sp³-hybridized carbons (Fsp3) is 0.857. The van der Waals surface area contributed by atoms with Gasteiger partial charge in [-0.3, -0.25) is 0 Å². The Labute approximate surface area is 114 Å². The van der Waals surface area contributed by atoms with Gasteiger partial charge in [0.2, 0.25) is 0 Å². The summed E-state index contributed by atoms with van der Waals surface area (Å²) in [6.07, 6.45) is 10.2. The van der Waals surface area contributed by atoms with Crippen LogP contribution in [0.15, 0.2) is 11.2 Å². The number of nitrogens with two attached hydrogens (primary N) is 1. The quantitative estimate of drug-likeness (QED) is 0.780. The van der Waals surface area contributed by atoms with Crippen molar-refractivity contribution in [3.8, 4) is 0 Å². The fourth-order valence-electron chi connectivity index (χ4n) is 2.70. The number of rotatable bonds is 6. The van der Waals surface area contributed by atoms with Crippen LogP contribution in [0.1, 0.15) is 44.9 Å². The topological polar surface area (TPSA) is 55.5 Å². The van der Waals surface area contributed by atoms with Gasteiger partial charge >= 0.3 is 0 Å². The second-order valence-corrected chi connectivity index (χ2v) is 6.62. The third kappa shape index (κ3) is 4.18. The summed E-state index contributed by atoms with van der Waals surface area (Å²) in [4.78, 5) is 0. The summed E-state index contributed by atoms with van der Waals surface area (Å²) in [6.45, 7) is 1.41. The molecule has 0 spiro atoms. The lowest BCUT2D eigenvalue weighted by atomic mass is 9.90. The number of hydrogen-bond donors (Lipinski definition) is 2. The molecule has 2 rings (SSSR count). The number of aliphatic hydroxyl groups is 1. The van der Waals surface area contributed by atoms with Gasteiger partial charge in [-0.2, -0.15) is 0 Å². The molecule has 1 aliphatic carbocycles. The van der Waals surface area contributed by atoms with Crippen molar-refractivity contribution >= 4 is 11.8 Å². The van der Waals surface area contributed by atoms with Gasteiger partial charge in [0.05, 0.1) is 12.7 Å². The van der Waals surface area contributed by atoms with Gasteiger partial charge in [-0.05, 0) is 44.2 Å². The lowest BCUT2D eigenvalue weighted by Gasteiger charge is -2.22. The Morgan fingerprint density at radius 3 is 2.89 bits per heavy atom. The first-order valence-corrected chi connectivity index (χ1v) is 8.05. The van der Waals surface area contributed by atoms with E-state index in [-0.39, 0.29) is 11.4 Å². The van der Waals surface area contributed by atoms with Crippen LogP contribution in [0.4, 0.5) is 0 Å². The average Bonchev–Trinajstić information content (AvgIpc) is 2.87. The van der Waals surface area contributed by atoms with Crippen molar-refractivity contribution in [2.45, 2.75) is 56.3 Å². The van der Waals surface area contributed by atoms with Crippen LogP contribution >= 0.6 is 11.8 Å². The van der Waals surface area contributed by atoms with E-state index >= 15 is 0 Å². The zero-order valence-corrected chi connectivity index (χ0v) is 11.8. The van der Waals surface area contributed by atoms with E-state index in [0.717, 1.165) is 24.0 Å². The molecule has 0 saturated heterocycles. The van der Waals surface area contributed by atoms with Gasteiger partial charge in [-0.25, -0.2) is 0 Å². The molecule has 1 fully saturated rings. The SMILES string of the molecule is NCCC(O)C1CC=C(OCC2CCCCC2)S1. The Morgan fingerprint density at radius 1 is 1.39 bits per heavy atom. The van der Waals surface area contributed by atoms with Crippen molar-refractivity contribution in [2.24, 2.45) is 11.7 Å². The van der Waals surface area contributed by atoms with Gasteiger partial charge in [0.25, 0.3) is 0 Å². The Bertz CT molecular complexity index is 277. The Morgan fingerprint density at radius 2 is 2.17 bits per heavy atom. The van der Waals surface area contributed by atoms with E-state index < -0.39 is 0 Å². The largest absolute Gasteiger partial charge is 0.487 e. The maximum absolute atomic E-state index is 9.89. The first-order chi connectivity index (χ1) is 8.79. The van der Waals surface area contributed by atoms with Gasteiger partial charge in [-0.15, -0.1) is 0 Å². The van der Waals surface area contributed by atoms with Crippen molar-refractivity contribution in [3.05, 3.63) is 11.2 Å². The summed E-state index contributed by atoms with van der Waals surface area (Å²) in [7, 11) is 0. The first kappa shape index (κ1) is 14.2. The number of allylic oxidation sites excluding steroid dienone is 1. The van der Waals surface area contributed by atoms with Crippen LogP contribution in [0.25, 0.3) is 0 Å². The van der Waals surface area contributed by atoms with E-state index in [0.29, 0.717) is 13.0 Å². The molecule has 1 heterocycles. The Kier molecular flexibility index (Phi) is 5.86. The molecule has 3 N–H and O–H groups in total. The van der Waals surface area contributed by atoms with Gasteiger partial charge in [0, 0.05) is 5.25 Å². The number of hydrogen-bond acceptors (Lipinski definition) is 4. The minimum absolute atomic E-state index is 0.245. The maximum Gasteiger partial charge on any atom is 0.149 e. The molecule has 104 valence electrons. The third-order valence-corrected chi connectivity index (χ3v) is 5.19. The highest BCUT2D eigenvalue weighted by molar-refractivity contribution is 8.03. The third-order valence-electron chi connectivity index (χ3n) is 3.86. The molecule has 0 bridgehead atoms. The second-order valence-electron chi connectivity index (χ2n) is 5.37. The van der Waals surface area contributed by atoms with Gasteiger partial charge in [-0.1, -0.05) is 31.0 Å². The molecule has 0 radical (unpaired) electrons. The van der Waals surface area contributed by atoms with E-state index in [1.54, 1.807) is 11.8 Å². The summed E-state index contributed by atoms with van der Waals surface area (Å²) in [6, 6.07) is 0. The van der Waals surface area contributed by atoms with Crippen LogP contribution in [-0.4, -0.2) is 29.6 Å². The summed E-state index contributed by atoms with van der Waals surface area (Å²) < 4.78 is 5.88. The van der Waals surface area contributed by atoms with Crippen molar-refractivity contribution in [1.29, 1.82) is 0 Å². The molecule has 4 heteroatoms. The van der Waals surface area contributed by atoms with E-state index in [1.165, 1.54) is 32.1 Å². The van der Waals surface area contributed by atoms with Crippen LogP contribution in [-0.2, 0) is 4.74 Å². The smallest absolute Gasteiger partial charge is 0.149 e. The van der Waals surface area contributed by atoms with Crippen LogP contribution < -0.4 is 5.73 Å². The standard InChI is InChI=1S/C14H25NO2S/c15-9-8-12(16)13-6-7-14(18-13)17-10-11-4-2-1-3-5-11/h7,11-13,16H,1-6,8-10,15H2. The highest BCUT2D eigenvalue weighted by atomic mass is 32.2. The first-order valence-electron chi connectivity index (χ1n) is 7.17. The molecule has 1 saturated carbocycles. The summed E-state index contributed by atoms with van der Waals surface area (Å²) in [5.41, 5.74) is 5.47. The Hall–Kier alpha value is -0.190. The van der Waals surface area contributed by atoms with Crippen LogP contribution in [0.2, 0.25) is 0 Å². The Balaban J connectivity index is 1.65. The molecule has 0 amide bonds. The predicted octanol–water partition coefficient (Wildman–Crippen LogP) is 2.64. The van der Waals surface area contributed by atoms with Crippen molar-refractivity contribution in [3.63, 3.8) is 0 Å². The van der Waals surface area contributed by atoms with Crippen molar-refractivity contribution in [2.75, 3.05) is 13.2 Å². The highest BCUT2D eigenvalue weighted by Crippen LogP contribution is 2.36. The summed E-state index contributed by atoms with van der Waals surface area (Å²) in [5, 5.41) is 11.2. The molecular formula is C14H25NO2S. The molecule has 2 aliphatic rings. The minimum atomic E-state index is -0.299. The molecule has 0 aromatic carbocycles. The molecular weight excluding hydrogens is 246 g/mol. The number of ether oxygens (including phenoxy) is 1. The lowest BCUT2D eigenvalue weighted by Crippen LogP contribution is -2.24. The zero-order valence-electron chi connectivity index (χ0n) is 11.0. The van der Waals surface area contributed by atoms with E-state index in [9.17, 15) is 5.11 Å². The normalized spacial score (nSPS) is 27.0. The fourth-order valence-corrected chi connectivity index (χ4v) is 3.81. The molecule has 1 aliphatic heterocycles. The lowest BCUT2D eigenvalue weighted by molar-refractivity contribution is 0.158. The summed E-state index contributed by atoms with van der Waals surface area (Å²) >= 11 is 1.68. The molecule has 2 unspecified atom stereocenters.